The predicted octanol–water partition coefficient (Wildman–Crippen LogP) is 1.89. The molecule has 1 aliphatic rings. The summed E-state index contributed by atoms with van der Waals surface area (Å²) in [4.78, 5) is 33.9. The van der Waals surface area contributed by atoms with Crippen LogP contribution in [0.5, 0.6) is 0 Å². The monoisotopic (exact) mass is 309 g/mol. The summed E-state index contributed by atoms with van der Waals surface area (Å²) in [5, 5.41) is 21.9. The van der Waals surface area contributed by atoms with E-state index in [9.17, 15) is 25.0 Å². The molecule has 1 atom stereocenters. The molecule has 1 heterocycles. The molecule has 9 nitrogen and oxygen atoms in total. The second-order valence-corrected chi connectivity index (χ2v) is 5.00. The van der Waals surface area contributed by atoms with Crippen molar-refractivity contribution in [3.8, 4) is 0 Å². The van der Waals surface area contributed by atoms with Crippen LogP contribution in [-0.4, -0.2) is 36.0 Å². The van der Waals surface area contributed by atoms with Crippen LogP contribution < -0.4 is 4.90 Å². The van der Waals surface area contributed by atoms with Crippen LogP contribution in [0.25, 0.3) is 0 Å². The van der Waals surface area contributed by atoms with Crippen LogP contribution >= 0.6 is 0 Å². The number of nitrogens with zero attached hydrogens (tertiary/aromatic N) is 3. The van der Waals surface area contributed by atoms with E-state index in [1.54, 1.807) is 4.90 Å². The number of nitro groups is 2. The Morgan fingerprint density at radius 1 is 1.32 bits per heavy atom. The molecule has 0 spiro atoms. The number of piperidine rings is 1. The van der Waals surface area contributed by atoms with E-state index in [2.05, 4.69) is 0 Å². The van der Waals surface area contributed by atoms with Crippen molar-refractivity contribution in [2.75, 3.05) is 25.1 Å². The molecule has 2 rings (SSSR count). The van der Waals surface area contributed by atoms with Crippen molar-refractivity contribution < 1.29 is 19.4 Å². The van der Waals surface area contributed by atoms with Gasteiger partial charge in [0, 0.05) is 19.2 Å². The van der Waals surface area contributed by atoms with E-state index >= 15 is 0 Å². The number of nitro benzene ring substituents is 2. The van der Waals surface area contributed by atoms with E-state index in [1.165, 1.54) is 19.2 Å². The van der Waals surface area contributed by atoms with Crippen molar-refractivity contribution >= 4 is 23.0 Å². The molecule has 9 heteroatoms. The lowest BCUT2D eigenvalue weighted by Crippen LogP contribution is -2.39. The van der Waals surface area contributed by atoms with Crippen molar-refractivity contribution in [3.05, 3.63) is 38.4 Å². The molecule has 1 aromatic rings. The molecule has 0 aliphatic carbocycles. The number of rotatable bonds is 4. The van der Waals surface area contributed by atoms with Crippen molar-refractivity contribution in [3.63, 3.8) is 0 Å². The average Bonchev–Trinajstić information content (AvgIpc) is 2.53. The minimum atomic E-state index is -0.676. The van der Waals surface area contributed by atoms with Gasteiger partial charge in [0.15, 0.2) is 0 Å². The van der Waals surface area contributed by atoms with Gasteiger partial charge in [0.2, 0.25) is 0 Å². The Bertz CT molecular complexity index is 618. The topological polar surface area (TPSA) is 116 Å². The first-order valence-corrected chi connectivity index (χ1v) is 6.69. The first-order valence-electron chi connectivity index (χ1n) is 6.69. The van der Waals surface area contributed by atoms with E-state index in [1.807, 2.05) is 0 Å². The lowest BCUT2D eigenvalue weighted by molar-refractivity contribution is -0.393. The molecular formula is C13H15N3O6. The number of hydrogen-bond donors (Lipinski definition) is 0. The van der Waals surface area contributed by atoms with Gasteiger partial charge < -0.3 is 9.64 Å². The number of esters is 1. The van der Waals surface area contributed by atoms with Gasteiger partial charge in [-0.1, -0.05) is 0 Å². The molecule has 0 saturated carbocycles. The molecule has 22 heavy (non-hydrogen) atoms. The lowest BCUT2D eigenvalue weighted by atomic mass is 9.97. The highest BCUT2D eigenvalue weighted by molar-refractivity contribution is 5.74. The molecule has 0 bridgehead atoms. The van der Waals surface area contributed by atoms with Crippen LogP contribution in [0.4, 0.5) is 17.1 Å². The van der Waals surface area contributed by atoms with Gasteiger partial charge in [-0.15, -0.1) is 0 Å². The normalized spacial score (nSPS) is 17.9. The van der Waals surface area contributed by atoms with Gasteiger partial charge in [0.25, 0.3) is 11.4 Å². The zero-order chi connectivity index (χ0) is 16.3. The van der Waals surface area contributed by atoms with E-state index in [0.29, 0.717) is 25.9 Å². The molecule has 1 saturated heterocycles. The molecule has 0 N–H and O–H groups in total. The number of anilines is 1. The Balaban J connectivity index is 2.33. The number of benzene rings is 1. The molecule has 1 aliphatic heterocycles. The Kier molecular flexibility index (Phi) is 4.54. The van der Waals surface area contributed by atoms with Gasteiger partial charge in [-0.25, -0.2) is 0 Å². The molecule has 0 unspecified atom stereocenters. The number of carbonyl (C=O) groups excluding carboxylic acids is 1. The maximum Gasteiger partial charge on any atom is 0.310 e. The summed E-state index contributed by atoms with van der Waals surface area (Å²) >= 11 is 0. The summed E-state index contributed by atoms with van der Waals surface area (Å²) in [6, 6.07) is 3.52. The molecular weight excluding hydrogens is 294 g/mol. The zero-order valence-electron chi connectivity index (χ0n) is 11.9. The zero-order valence-corrected chi connectivity index (χ0v) is 11.9. The van der Waals surface area contributed by atoms with E-state index in [-0.39, 0.29) is 28.9 Å². The largest absolute Gasteiger partial charge is 0.469 e. The fraction of sp³-hybridized carbons (Fsp3) is 0.462. The Labute approximate surface area is 125 Å². The average molecular weight is 309 g/mol. The van der Waals surface area contributed by atoms with Gasteiger partial charge in [-0.3, -0.25) is 25.0 Å². The number of hydrogen-bond acceptors (Lipinski definition) is 7. The van der Waals surface area contributed by atoms with Gasteiger partial charge in [0.05, 0.1) is 28.9 Å². The second kappa shape index (κ2) is 6.37. The van der Waals surface area contributed by atoms with E-state index in [0.717, 1.165) is 6.07 Å². The number of ether oxygens (including phenoxy) is 1. The van der Waals surface area contributed by atoms with Crippen LogP contribution in [0.3, 0.4) is 0 Å². The summed E-state index contributed by atoms with van der Waals surface area (Å²) in [6.45, 7) is 0.845. The van der Waals surface area contributed by atoms with Crippen molar-refractivity contribution in [1.29, 1.82) is 0 Å². The third-order valence-corrected chi connectivity index (χ3v) is 3.66. The molecule has 0 radical (unpaired) electrons. The summed E-state index contributed by atoms with van der Waals surface area (Å²) in [7, 11) is 1.30. The standard InChI is InChI=1S/C13H15N3O6/c1-22-13(17)9-3-2-6-14(8-9)11-5-4-10(15(18)19)7-12(11)16(20)21/h4-5,7,9H,2-3,6,8H2,1H3/t9-/m0/s1. The fourth-order valence-electron chi connectivity index (χ4n) is 2.59. The maximum absolute atomic E-state index is 11.6. The van der Waals surface area contributed by atoms with Crippen LogP contribution in [-0.2, 0) is 9.53 Å². The highest BCUT2D eigenvalue weighted by Crippen LogP contribution is 2.34. The summed E-state index contributed by atoms with van der Waals surface area (Å²) in [5.74, 6) is -0.706. The smallest absolute Gasteiger partial charge is 0.310 e. The first-order chi connectivity index (χ1) is 10.4. The van der Waals surface area contributed by atoms with E-state index in [4.69, 9.17) is 4.74 Å². The third kappa shape index (κ3) is 3.13. The number of non-ortho nitro benzene ring substituents is 1. The maximum atomic E-state index is 11.6. The highest BCUT2D eigenvalue weighted by atomic mass is 16.6. The molecule has 0 amide bonds. The van der Waals surface area contributed by atoms with Gasteiger partial charge in [0.1, 0.15) is 5.69 Å². The number of methoxy groups -OCH3 is 1. The van der Waals surface area contributed by atoms with E-state index < -0.39 is 9.85 Å². The lowest BCUT2D eigenvalue weighted by Gasteiger charge is -2.32. The molecule has 1 aromatic carbocycles. The third-order valence-electron chi connectivity index (χ3n) is 3.66. The molecule has 0 aromatic heterocycles. The Morgan fingerprint density at radius 2 is 2.05 bits per heavy atom. The van der Waals surface area contributed by atoms with Gasteiger partial charge in [-0.2, -0.15) is 0 Å². The fourth-order valence-corrected chi connectivity index (χ4v) is 2.59. The Hall–Kier alpha value is -2.71. The molecule has 118 valence electrons. The minimum absolute atomic E-state index is 0.282. The number of carbonyl (C=O) groups is 1. The van der Waals surface area contributed by atoms with Crippen LogP contribution in [0, 0.1) is 26.1 Å². The predicted molar refractivity (Wildman–Crippen MR) is 76.7 cm³/mol. The van der Waals surface area contributed by atoms with Crippen molar-refractivity contribution in [2.45, 2.75) is 12.8 Å². The van der Waals surface area contributed by atoms with Crippen molar-refractivity contribution in [2.24, 2.45) is 5.92 Å². The SMILES string of the molecule is COC(=O)[C@H]1CCCN(c2ccc([N+](=O)[O-])cc2[N+](=O)[O-])C1. The van der Waals surface area contributed by atoms with Gasteiger partial charge in [-0.05, 0) is 18.9 Å². The highest BCUT2D eigenvalue weighted by Gasteiger charge is 2.30. The Morgan fingerprint density at radius 3 is 2.64 bits per heavy atom. The van der Waals surface area contributed by atoms with Gasteiger partial charge >= 0.3 is 5.97 Å². The summed E-state index contributed by atoms with van der Waals surface area (Å²) < 4.78 is 4.71. The quantitative estimate of drug-likeness (QED) is 0.473. The van der Waals surface area contributed by atoms with Crippen LogP contribution in [0.2, 0.25) is 0 Å². The first kappa shape index (κ1) is 15.7. The van der Waals surface area contributed by atoms with Crippen molar-refractivity contribution in [1.82, 2.24) is 0 Å². The molecule has 1 fully saturated rings. The van der Waals surface area contributed by atoms with Crippen LogP contribution in [0.15, 0.2) is 18.2 Å². The minimum Gasteiger partial charge on any atom is -0.469 e. The van der Waals surface area contributed by atoms with Crippen LogP contribution in [0.1, 0.15) is 12.8 Å². The second-order valence-electron chi connectivity index (χ2n) is 5.00. The summed E-state index contributed by atoms with van der Waals surface area (Å²) in [5.41, 5.74) is -0.388. The summed E-state index contributed by atoms with van der Waals surface area (Å²) in [6.07, 6.45) is 1.35.